The predicted octanol–water partition coefficient (Wildman–Crippen LogP) is 1.26. The lowest BCUT2D eigenvalue weighted by atomic mass is 10.1. The zero-order chi connectivity index (χ0) is 14.7. The molecule has 0 unspecified atom stereocenters. The molecular formula is C12H15N5O3S. The first-order valence-electron chi connectivity index (χ1n) is 6.64. The van der Waals surface area contributed by atoms with E-state index >= 15 is 0 Å². The van der Waals surface area contributed by atoms with Crippen molar-refractivity contribution in [3.05, 3.63) is 24.9 Å². The van der Waals surface area contributed by atoms with Crippen molar-refractivity contribution in [2.45, 2.75) is 24.2 Å². The molecule has 0 saturated carbocycles. The molecule has 1 fully saturated rings. The summed E-state index contributed by atoms with van der Waals surface area (Å²) in [4.78, 5) is 10.5. The molecule has 112 valence electrons. The predicted molar refractivity (Wildman–Crippen MR) is 75.4 cm³/mol. The zero-order valence-electron chi connectivity index (χ0n) is 11.3. The number of sulfonamides is 1. The first-order valence-corrected chi connectivity index (χ1v) is 8.13. The van der Waals surface area contributed by atoms with Gasteiger partial charge in [-0.3, -0.25) is 4.72 Å². The van der Waals surface area contributed by atoms with Crippen molar-refractivity contribution in [2.24, 2.45) is 0 Å². The van der Waals surface area contributed by atoms with E-state index < -0.39 is 10.0 Å². The number of piperidine rings is 1. The summed E-state index contributed by atoms with van der Waals surface area (Å²) in [6, 6.07) is 0. The number of hydrogen-bond donors (Lipinski definition) is 1. The van der Waals surface area contributed by atoms with Gasteiger partial charge in [0.25, 0.3) is 10.0 Å². The van der Waals surface area contributed by atoms with Gasteiger partial charge in [0.15, 0.2) is 0 Å². The van der Waals surface area contributed by atoms with E-state index in [1.165, 1.54) is 18.8 Å². The van der Waals surface area contributed by atoms with Crippen LogP contribution in [0, 0.1) is 0 Å². The van der Waals surface area contributed by atoms with Crippen LogP contribution in [0.4, 0.5) is 11.6 Å². The van der Waals surface area contributed by atoms with E-state index in [-0.39, 0.29) is 4.90 Å². The summed E-state index contributed by atoms with van der Waals surface area (Å²) in [5.41, 5.74) is 0.303. The fraction of sp³-hybridized carbons (Fsp3) is 0.417. The molecule has 0 atom stereocenters. The molecule has 1 saturated heterocycles. The maximum absolute atomic E-state index is 12.0. The van der Waals surface area contributed by atoms with E-state index in [0.29, 0.717) is 11.6 Å². The normalized spacial score (nSPS) is 15.9. The smallest absolute Gasteiger partial charge is 0.266 e. The maximum Gasteiger partial charge on any atom is 0.266 e. The van der Waals surface area contributed by atoms with E-state index in [1.807, 2.05) is 0 Å². The van der Waals surface area contributed by atoms with Crippen LogP contribution in [-0.2, 0) is 10.0 Å². The zero-order valence-corrected chi connectivity index (χ0v) is 12.1. The summed E-state index contributed by atoms with van der Waals surface area (Å²) in [7, 11) is -3.71. The van der Waals surface area contributed by atoms with E-state index in [0.717, 1.165) is 38.4 Å². The van der Waals surface area contributed by atoms with Gasteiger partial charge in [-0.25, -0.2) is 18.4 Å². The number of anilines is 2. The molecule has 1 aliphatic rings. The molecule has 0 aromatic carbocycles. The molecule has 2 aromatic rings. The van der Waals surface area contributed by atoms with Crippen molar-refractivity contribution < 1.29 is 12.9 Å². The van der Waals surface area contributed by atoms with Crippen LogP contribution in [0.25, 0.3) is 0 Å². The number of rotatable bonds is 4. The maximum atomic E-state index is 12.0. The van der Waals surface area contributed by atoms with Gasteiger partial charge in [0.1, 0.15) is 11.2 Å². The molecule has 0 bridgehead atoms. The Morgan fingerprint density at radius 3 is 2.43 bits per heavy atom. The molecule has 8 nitrogen and oxygen atoms in total. The standard InChI is InChI=1S/C12H15N5O3S/c18-21(19,11-8-15-20-9-11)16-10-6-13-12(14-7-10)17-4-2-1-3-5-17/h6-9,16H,1-5H2. The van der Waals surface area contributed by atoms with Crippen LogP contribution >= 0.6 is 0 Å². The first kappa shape index (κ1) is 13.8. The van der Waals surface area contributed by atoms with Gasteiger partial charge in [0.05, 0.1) is 24.3 Å². The van der Waals surface area contributed by atoms with Crippen LogP contribution in [0.3, 0.4) is 0 Å². The van der Waals surface area contributed by atoms with E-state index in [4.69, 9.17) is 0 Å². The summed E-state index contributed by atoms with van der Waals surface area (Å²) >= 11 is 0. The molecule has 1 aliphatic heterocycles. The highest BCUT2D eigenvalue weighted by atomic mass is 32.2. The Bertz CT molecular complexity index is 678. The minimum Gasteiger partial charge on any atom is -0.363 e. The monoisotopic (exact) mass is 309 g/mol. The molecule has 1 N–H and O–H groups in total. The number of hydrogen-bond acceptors (Lipinski definition) is 7. The third-order valence-electron chi connectivity index (χ3n) is 3.25. The van der Waals surface area contributed by atoms with Crippen molar-refractivity contribution in [1.82, 2.24) is 15.1 Å². The van der Waals surface area contributed by atoms with Crippen LogP contribution in [-0.4, -0.2) is 36.6 Å². The Labute approximate surface area is 122 Å². The average Bonchev–Trinajstić information content (AvgIpc) is 3.04. The highest BCUT2D eigenvalue weighted by Gasteiger charge is 2.18. The van der Waals surface area contributed by atoms with Crippen LogP contribution in [0.15, 0.2) is 34.3 Å². The molecule has 3 rings (SSSR count). The number of nitrogens with zero attached hydrogens (tertiary/aromatic N) is 4. The summed E-state index contributed by atoms with van der Waals surface area (Å²) in [5.74, 6) is 0.627. The van der Waals surface area contributed by atoms with Crippen LogP contribution < -0.4 is 9.62 Å². The lowest BCUT2D eigenvalue weighted by Gasteiger charge is -2.26. The molecular weight excluding hydrogens is 294 g/mol. The van der Waals surface area contributed by atoms with Crippen LogP contribution in [0.1, 0.15) is 19.3 Å². The summed E-state index contributed by atoms with van der Waals surface area (Å²) < 4.78 is 30.9. The SMILES string of the molecule is O=S(=O)(Nc1cnc(N2CCCCC2)nc1)c1cnoc1. The highest BCUT2D eigenvalue weighted by molar-refractivity contribution is 7.92. The summed E-state index contributed by atoms with van der Waals surface area (Å²) in [5, 5.41) is 3.37. The number of nitrogens with one attached hydrogen (secondary N) is 1. The number of aromatic nitrogens is 3. The minimum absolute atomic E-state index is 0.0393. The molecule has 0 radical (unpaired) electrons. The van der Waals surface area contributed by atoms with Crippen molar-refractivity contribution in [3.63, 3.8) is 0 Å². The molecule has 2 aromatic heterocycles. The summed E-state index contributed by atoms with van der Waals surface area (Å²) in [6.07, 6.45) is 8.60. The third kappa shape index (κ3) is 3.13. The lowest BCUT2D eigenvalue weighted by Crippen LogP contribution is -2.30. The average molecular weight is 309 g/mol. The fourth-order valence-corrected chi connectivity index (χ4v) is 3.06. The highest BCUT2D eigenvalue weighted by Crippen LogP contribution is 2.18. The topological polar surface area (TPSA) is 101 Å². The molecule has 3 heterocycles. The second-order valence-corrected chi connectivity index (χ2v) is 6.47. The van der Waals surface area contributed by atoms with E-state index in [1.54, 1.807) is 0 Å². The Morgan fingerprint density at radius 2 is 1.81 bits per heavy atom. The van der Waals surface area contributed by atoms with Gasteiger partial charge in [-0.2, -0.15) is 0 Å². The summed E-state index contributed by atoms with van der Waals surface area (Å²) in [6.45, 7) is 1.87. The van der Waals surface area contributed by atoms with Gasteiger partial charge >= 0.3 is 0 Å². The van der Waals surface area contributed by atoms with Crippen LogP contribution in [0.5, 0.6) is 0 Å². The largest absolute Gasteiger partial charge is 0.363 e. The van der Waals surface area contributed by atoms with Crippen molar-refractivity contribution in [1.29, 1.82) is 0 Å². The lowest BCUT2D eigenvalue weighted by molar-refractivity contribution is 0.417. The molecule has 0 amide bonds. The third-order valence-corrected chi connectivity index (χ3v) is 4.58. The van der Waals surface area contributed by atoms with Gasteiger partial charge in [-0.1, -0.05) is 5.16 Å². The van der Waals surface area contributed by atoms with Crippen molar-refractivity contribution in [2.75, 3.05) is 22.7 Å². The Morgan fingerprint density at radius 1 is 1.10 bits per heavy atom. The minimum atomic E-state index is -3.71. The Hall–Kier alpha value is -2.16. The fourth-order valence-electron chi connectivity index (χ4n) is 2.17. The first-order chi connectivity index (χ1) is 10.1. The van der Waals surface area contributed by atoms with Crippen LogP contribution in [0.2, 0.25) is 0 Å². The molecule has 0 aliphatic carbocycles. The van der Waals surface area contributed by atoms with E-state index in [9.17, 15) is 8.42 Å². The molecule has 21 heavy (non-hydrogen) atoms. The van der Waals surface area contributed by atoms with Crippen molar-refractivity contribution >= 4 is 21.7 Å². The second kappa shape index (κ2) is 5.68. The quantitative estimate of drug-likeness (QED) is 0.907. The Kier molecular flexibility index (Phi) is 3.74. The van der Waals surface area contributed by atoms with Gasteiger partial charge in [0, 0.05) is 13.1 Å². The van der Waals surface area contributed by atoms with Crippen molar-refractivity contribution in [3.8, 4) is 0 Å². The second-order valence-electron chi connectivity index (χ2n) is 4.79. The van der Waals surface area contributed by atoms with Gasteiger partial charge in [0.2, 0.25) is 5.95 Å². The van der Waals surface area contributed by atoms with Gasteiger partial charge in [-0.15, -0.1) is 0 Å². The van der Waals surface area contributed by atoms with E-state index in [2.05, 4.69) is 29.3 Å². The van der Waals surface area contributed by atoms with Gasteiger partial charge < -0.3 is 9.42 Å². The van der Waals surface area contributed by atoms with Gasteiger partial charge in [-0.05, 0) is 19.3 Å². The molecule has 9 heteroatoms. The Balaban J connectivity index is 1.72. The molecule has 0 spiro atoms.